The van der Waals surface area contributed by atoms with Gasteiger partial charge in [0, 0.05) is 12.6 Å². The van der Waals surface area contributed by atoms with Crippen LogP contribution in [0.4, 0.5) is 11.4 Å². The maximum atomic E-state index is 5.97. The fraction of sp³-hybridized carbons (Fsp3) is 0.625. The van der Waals surface area contributed by atoms with Gasteiger partial charge in [0.1, 0.15) is 5.75 Å². The third-order valence-corrected chi connectivity index (χ3v) is 4.17. The van der Waals surface area contributed by atoms with Crippen LogP contribution in [0.25, 0.3) is 0 Å². The van der Waals surface area contributed by atoms with Crippen LogP contribution in [-0.4, -0.2) is 13.7 Å². The number of benzene rings is 1. The van der Waals surface area contributed by atoms with E-state index in [0.717, 1.165) is 35.5 Å². The number of nitrogens with two attached hydrogens (primary N) is 1. The van der Waals surface area contributed by atoms with Crippen molar-refractivity contribution in [3.05, 3.63) is 18.2 Å². The van der Waals surface area contributed by atoms with E-state index in [4.69, 9.17) is 10.5 Å². The fourth-order valence-corrected chi connectivity index (χ4v) is 3.05. The van der Waals surface area contributed by atoms with Crippen molar-refractivity contribution in [2.45, 2.75) is 39.0 Å². The standard InChI is InChI=1S/C16H26N2O/c1-12-4-3-5-13(10-12)8-9-18-16-11-14(19-2)6-7-15(16)17/h6-7,11-13,18H,3-5,8-10,17H2,1-2H3. The van der Waals surface area contributed by atoms with E-state index in [1.807, 2.05) is 18.2 Å². The van der Waals surface area contributed by atoms with Crippen LogP contribution >= 0.6 is 0 Å². The van der Waals surface area contributed by atoms with Crippen LogP contribution in [0.15, 0.2) is 18.2 Å². The quantitative estimate of drug-likeness (QED) is 0.791. The first-order chi connectivity index (χ1) is 9.19. The summed E-state index contributed by atoms with van der Waals surface area (Å²) < 4.78 is 5.22. The van der Waals surface area contributed by atoms with Crippen LogP contribution in [0.2, 0.25) is 0 Å². The van der Waals surface area contributed by atoms with Gasteiger partial charge in [0.2, 0.25) is 0 Å². The van der Waals surface area contributed by atoms with Crippen molar-refractivity contribution in [2.24, 2.45) is 11.8 Å². The van der Waals surface area contributed by atoms with Crippen molar-refractivity contribution in [3.63, 3.8) is 0 Å². The molecule has 106 valence electrons. The van der Waals surface area contributed by atoms with Crippen LogP contribution in [0.1, 0.15) is 39.0 Å². The molecule has 0 saturated heterocycles. The molecule has 1 aliphatic rings. The van der Waals surface area contributed by atoms with Crippen LogP contribution < -0.4 is 15.8 Å². The molecule has 0 amide bonds. The maximum absolute atomic E-state index is 5.97. The van der Waals surface area contributed by atoms with Crippen molar-refractivity contribution >= 4 is 11.4 Å². The molecule has 2 atom stereocenters. The highest BCUT2D eigenvalue weighted by molar-refractivity contribution is 5.68. The second kappa shape index (κ2) is 6.69. The highest BCUT2D eigenvalue weighted by atomic mass is 16.5. The highest BCUT2D eigenvalue weighted by Gasteiger charge is 2.18. The average Bonchev–Trinajstić information content (AvgIpc) is 2.41. The SMILES string of the molecule is COc1ccc(N)c(NCCC2CCCC(C)C2)c1. The summed E-state index contributed by atoms with van der Waals surface area (Å²) in [6.07, 6.45) is 6.82. The maximum Gasteiger partial charge on any atom is 0.121 e. The molecule has 1 aliphatic carbocycles. The van der Waals surface area contributed by atoms with E-state index in [0.29, 0.717) is 0 Å². The van der Waals surface area contributed by atoms with Gasteiger partial charge in [-0.15, -0.1) is 0 Å². The average molecular weight is 262 g/mol. The van der Waals surface area contributed by atoms with E-state index < -0.39 is 0 Å². The summed E-state index contributed by atoms with van der Waals surface area (Å²) in [5.74, 6) is 2.63. The minimum atomic E-state index is 0.790. The summed E-state index contributed by atoms with van der Waals surface area (Å²) in [6, 6.07) is 5.76. The minimum Gasteiger partial charge on any atom is -0.497 e. The Morgan fingerprint density at radius 2 is 2.21 bits per heavy atom. The van der Waals surface area contributed by atoms with E-state index in [1.54, 1.807) is 7.11 Å². The number of nitrogens with one attached hydrogen (secondary N) is 1. The van der Waals surface area contributed by atoms with Gasteiger partial charge in [-0.2, -0.15) is 0 Å². The molecule has 0 aliphatic heterocycles. The summed E-state index contributed by atoms with van der Waals surface area (Å²) in [7, 11) is 1.68. The van der Waals surface area contributed by atoms with Crippen molar-refractivity contribution in [2.75, 3.05) is 24.7 Å². The predicted molar refractivity (Wildman–Crippen MR) is 81.6 cm³/mol. The molecule has 0 radical (unpaired) electrons. The Hall–Kier alpha value is -1.38. The molecular formula is C16H26N2O. The monoisotopic (exact) mass is 262 g/mol. The zero-order chi connectivity index (χ0) is 13.7. The Bertz CT molecular complexity index is 406. The summed E-state index contributed by atoms with van der Waals surface area (Å²) in [5, 5.41) is 3.44. The molecule has 19 heavy (non-hydrogen) atoms. The number of rotatable bonds is 5. The van der Waals surface area contributed by atoms with Gasteiger partial charge in [-0.25, -0.2) is 0 Å². The molecular weight excluding hydrogens is 236 g/mol. The van der Waals surface area contributed by atoms with Gasteiger partial charge in [-0.1, -0.05) is 26.2 Å². The molecule has 0 bridgehead atoms. The molecule has 1 aromatic carbocycles. The number of methoxy groups -OCH3 is 1. The van der Waals surface area contributed by atoms with E-state index in [9.17, 15) is 0 Å². The smallest absolute Gasteiger partial charge is 0.121 e. The lowest BCUT2D eigenvalue weighted by Gasteiger charge is -2.26. The third kappa shape index (κ3) is 4.05. The molecule has 0 spiro atoms. The second-order valence-corrected chi connectivity index (χ2v) is 5.81. The Morgan fingerprint density at radius 3 is 2.95 bits per heavy atom. The van der Waals surface area contributed by atoms with Gasteiger partial charge >= 0.3 is 0 Å². The van der Waals surface area contributed by atoms with E-state index in [1.165, 1.54) is 32.1 Å². The van der Waals surface area contributed by atoms with Crippen molar-refractivity contribution in [3.8, 4) is 5.75 Å². The van der Waals surface area contributed by atoms with E-state index >= 15 is 0 Å². The highest BCUT2D eigenvalue weighted by Crippen LogP contribution is 2.31. The molecule has 0 heterocycles. The first kappa shape index (κ1) is 14.0. The normalized spacial score (nSPS) is 23.1. The van der Waals surface area contributed by atoms with Gasteiger partial charge in [0.25, 0.3) is 0 Å². The van der Waals surface area contributed by atoms with Crippen LogP contribution in [-0.2, 0) is 0 Å². The Morgan fingerprint density at radius 1 is 1.37 bits per heavy atom. The summed E-state index contributed by atoms with van der Waals surface area (Å²) in [5.41, 5.74) is 7.75. The molecule has 3 N–H and O–H groups in total. The van der Waals surface area contributed by atoms with Gasteiger partial charge in [0.05, 0.1) is 18.5 Å². The molecule has 1 saturated carbocycles. The van der Waals surface area contributed by atoms with Crippen LogP contribution in [0.5, 0.6) is 5.75 Å². The van der Waals surface area contributed by atoms with Crippen molar-refractivity contribution in [1.29, 1.82) is 0 Å². The second-order valence-electron chi connectivity index (χ2n) is 5.81. The molecule has 1 aromatic rings. The molecule has 3 nitrogen and oxygen atoms in total. The van der Waals surface area contributed by atoms with Crippen molar-refractivity contribution < 1.29 is 4.74 Å². The zero-order valence-electron chi connectivity index (χ0n) is 12.1. The Balaban J connectivity index is 1.81. The molecule has 1 fully saturated rings. The number of hydrogen-bond donors (Lipinski definition) is 2. The molecule has 2 unspecified atom stereocenters. The lowest BCUT2D eigenvalue weighted by atomic mass is 9.81. The number of hydrogen-bond acceptors (Lipinski definition) is 3. The summed E-state index contributed by atoms with van der Waals surface area (Å²) in [4.78, 5) is 0. The first-order valence-electron chi connectivity index (χ1n) is 7.36. The van der Waals surface area contributed by atoms with Crippen LogP contribution in [0.3, 0.4) is 0 Å². The topological polar surface area (TPSA) is 47.3 Å². The van der Waals surface area contributed by atoms with E-state index in [2.05, 4.69) is 12.2 Å². The predicted octanol–water partition coefficient (Wildman–Crippen LogP) is 3.91. The van der Waals surface area contributed by atoms with Crippen molar-refractivity contribution in [1.82, 2.24) is 0 Å². The van der Waals surface area contributed by atoms with Gasteiger partial charge in [0.15, 0.2) is 0 Å². The Labute approximate surface area is 116 Å². The number of anilines is 2. The molecule has 2 rings (SSSR count). The van der Waals surface area contributed by atoms with Gasteiger partial charge in [-0.05, 0) is 36.8 Å². The van der Waals surface area contributed by atoms with Gasteiger partial charge in [-0.3, -0.25) is 0 Å². The summed E-state index contributed by atoms with van der Waals surface area (Å²) >= 11 is 0. The molecule has 3 heteroatoms. The van der Waals surface area contributed by atoms with Gasteiger partial charge < -0.3 is 15.8 Å². The number of nitrogen functional groups attached to an aromatic ring is 1. The largest absolute Gasteiger partial charge is 0.497 e. The first-order valence-corrected chi connectivity index (χ1v) is 7.36. The fourth-order valence-electron chi connectivity index (χ4n) is 3.05. The Kier molecular flexibility index (Phi) is 4.94. The number of ether oxygens (including phenoxy) is 1. The zero-order valence-corrected chi connectivity index (χ0v) is 12.1. The van der Waals surface area contributed by atoms with Crippen LogP contribution in [0, 0.1) is 11.8 Å². The minimum absolute atomic E-state index is 0.790. The lowest BCUT2D eigenvalue weighted by Crippen LogP contribution is -2.16. The summed E-state index contributed by atoms with van der Waals surface area (Å²) in [6.45, 7) is 3.37. The third-order valence-electron chi connectivity index (χ3n) is 4.17. The lowest BCUT2D eigenvalue weighted by molar-refractivity contribution is 0.274. The molecule has 0 aromatic heterocycles. The van der Waals surface area contributed by atoms with E-state index in [-0.39, 0.29) is 0 Å².